The lowest BCUT2D eigenvalue weighted by atomic mass is 10.1. The fourth-order valence-corrected chi connectivity index (χ4v) is 3.46. The van der Waals surface area contributed by atoms with E-state index in [9.17, 15) is 19.1 Å². The van der Waals surface area contributed by atoms with Crippen LogP contribution >= 0.6 is 24.0 Å². The highest BCUT2D eigenvalue weighted by Gasteiger charge is 2.30. The molecule has 1 aliphatic heterocycles. The molecule has 0 spiro atoms. The predicted octanol–water partition coefficient (Wildman–Crippen LogP) is 3.49. The molecule has 0 radical (unpaired) electrons. The number of fused-ring (bicyclic) bond motifs is 1. The second kappa shape index (κ2) is 8.23. The van der Waals surface area contributed by atoms with Crippen LogP contribution < -0.4 is 5.43 Å². The van der Waals surface area contributed by atoms with Gasteiger partial charge in [-0.25, -0.2) is 4.39 Å². The Hall–Kier alpha value is -2.90. The zero-order valence-electron chi connectivity index (χ0n) is 15.0. The number of rotatable bonds is 3. The number of hydrogen-bond donors (Lipinski definition) is 1. The summed E-state index contributed by atoms with van der Waals surface area (Å²) in [6.07, 6.45) is 3.07. The van der Waals surface area contributed by atoms with Gasteiger partial charge in [-0.2, -0.15) is 0 Å². The van der Waals surface area contributed by atoms with Crippen LogP contribution in [0.1, 0.15) is 16.1 Å². The normalized spacial score (nSPS) is 13.0. The van der Waals surface area contributed by atoms with Crippen LogP contribution in [0.3, 0.4) is 0 Å². The largest absolute Gasteiger partial charge is 0.503 e. The molecule has 3 aromatic rings. The van der Waals surface area contributed by atoms with Crippen molar-refractivity contribution in [1.29, 1.82) is 0 Å². The van der Waals surface area contributed by atoms with Gasteiger partial charge in [0.05, 0.1) is 16.3 Å². The standard InChI is InChI=1S/C20H15ClFN3O3.ClH/c21-14-5-3-4-12(16(14)22)10-25-9-8-24-11-13(15-6-1-2-7-23-15)18(26)19(27)17(24)20(25)28;/h1-7,11,27H,8-10H2;1H. The molecule has 0 unspecified atom stereocenters. The van der Waals surface area contributed by atoms with Crippen LogP contribution in [0.5, 0.6) is 5.75 Å². The molecule has 6 nitrogen and oxygen atoms in total. The zero-order valence-corrected chi connectivity index (χ0v) is 16.6. The highest BCUT2D eigenvalue weighted by atomic mass is 35.5. The minimum Gasteiger partial charge on any atom is -0.503 e. The first kappa shape index (κ1) is 20.8. The Morgan fingerprint density at radius 1 is 1.14 bits per heavy atom. The van der Waals surface area contributed by atoms with Gasteiger partial charge in [0.2, 0.25) is 5.43 Å². The van der Waals surface area contributed by atoms with E-state index in [-0.39, 0.29) is 40.8 Å². The molecule has 1 amide bonds. The third-order valence-corrected chi connectivity index (χ3v) is 4.98. The number of aromatic nitrogens is 2. The number of carbonyl (C=O) groups excluding carboxylic acids is 1. The molecule has 0 atom stereocenters. The molecule has 2 aromatic heterocycles. The number of amides is 1. The van der Waals surface area contributed by atoms with Gasteiger partial charge in [-0.15, -0.1) is 12.4 Å². The number of aromatic hydroxyl groups is 1. The van der Waals surface area contributed by atoms with Gasteiger partial charge >= 0.3 is 0 Å². The van der Waals surface area contributed by atoms with E-state index in [2.05, 4.69) is 4.98 Å². The van der Waals surface area contributed by atoms with Crippen LogP contribution in [-0.2, 0) is 13.1 Å². The van der Waals surface area contributed by atoms with Crippen LogP contribution in [0, 0.1) is 5.82 Å². The number of hydrogen-bond acceptors (Lipinski definition) is 4. The zero-order chi connectivity index (χ0) is 19.8. The highest BCUT2D eigenvalue weighted by Crippen LogP contribution is 2.26. The van der Waals surface area contributed by atoms with Crippen molar-refractivity contribution < 1.29 is 14.3 Å². The molecule has 1 aliphatic rings. The molecule has 9 heteroatoms. The molecule has 1 aromatic carbocycles. The first-order valence-corrected chi connectivity index (χ1v) is 8.95. The highest BCUT2D eigenvalue weighted by molar-refractivity contribution is 6.30. The van der Waals surface area contributed by atoms with E-state index in [1.54, 1.807) is 36.5 Å². The molecule has 1 N–H and O–H groups in total. The third kappa shape index (κ3) is 3.71. The van der Waals surface area contributed by atoms with Crippen molar-refractivity contribution in [3.8, 4) is 17.0 Å². The molecule has 0 saturated carbocycles. The minimum atomic E-state index is -0.672. The van der Waals surface area contributed by atoms with Gasteiger partial charge in [0.15, 0.2) is 11.4 Å². The van der Waals surface area contributed by atoms with Crippen molar-refractivity contribution >= 4 is 29.9 Å². The first-order chi connectivity index (χ1) is 13.5. The number of carbonyl (C=O) groups is 1. The average Bonchev–Trinajstić information content (AvgIpc) is 2.70. The van der Waals surface area contributed by atoms with Crippen LogP contribution in [0.15, 0.2) is 53.6 Å². The van der Waals surface area contributed by atoms with Gasteiger partial charge < -0.3 is 14.6 Å². The van der Waals surface area contributed by atoms with E-state index in [4.69, 9.17) is 11.6 Å². The van der Waals surface area contributed by atoms with Crippen molar-refractivity contribution in [2.45, 2.75) is 13.1 Å². The van der Waals surface area contributed by atoms with Gasteiger partial charge in [0, 0.05) is 37.6 Å². The molecule has 0 fully saturated rings. The maximum absolute atomic E-state index is 14.2. The first-order valence-electron chi connectivity index (χ1n) is 8.57. The van der Waals surface area contributed by atoms with Crippen molar-refractivity contribution in [2.75, 3.05) is 6.54 Å². The van der Waals surface area contributed by atoms with Crippen molar-refractivity contribution in [3.63, 3.8) is 0 Å². The van der Waals surface area contributed by atoms with Gasteiger partial charge in [0.1, 0.15) is 5.82 Å². The molecule has 0 aliphatic carbocycles. The van der Waals surface area contributed by atoms with Crippen molar-refractivity contribution in [3.05, 3.63) is 81.1 Å². The number of pyridine rings is 2. The molecule has 0 saturated heterocycles. The summed E-state index contributed by atoms with van der Waals surface area (Å²) in [4.78, 5) is 31.0. The second-order valence-corrected chi connectivity index (χ2v) is 6.82. The van der Waals surface area contributed by atoms with Crippen LogP contribution in [0.25, 0.3) is 11.3 Å². The molecule has 0 bridgehead atoms. The van der Waals surface area contributed by atoms with E-state index in [0.29, 0.717) is 18.8 Å². The summed E-state index contributed by atoms with van der Waals surface area (Å²) in [6.45, 7) is 0.625. The maximum atomic E-state index is 14.2. The van der Waals surface area contributed by atoms with E-state index in [1.807, 2.05) is 0 Å². The lowest BCUT2D eigenvalue weighted by Crippen LogP contribution is -2.41. The summed E-state index contributed by atoms with van der Waals surface area (Å²) in [5, 5.41) is 10.4. The van der Waals surface area contributed by atoms with Crippen molar-refractivity contribution in [1.82, 2.24) is 14.5 Å². The second-order valence-electron chi connectivity index (χ2n) is 6.42. The molecular weight excluding hydrogens is 420 g/mol. The Bertz CT molecular complexity index is 1140. The third-order valence-electron chi connectivity index (χ3n) is 4.69. The predicted molar refractivity (Wildman–Crippen MR) is 109 cm³/mol. The molecule has 29 heavy (non-hydrogen) atoms. The maximum Gasteiger partial charge on any atom is 0.274 e. The Morgan fingerprint density at radius 2 is 1.93 bits per heavy atom. The summed E-state index contributed by atoms with van der Waals surface area (Å²) in [5.41, 5.74) is 0.103. The van der Waals surface area contributed by atoms with E-state index in [0.717, 1.165) is 0 Å². The minimum absolute atomic E-state index is 0. The Balaban J connectivity index is 0.00000240. The van der Waals surface area contributed by atoms with Crippen LogP contribution in [-0.4, -0.2) is 32.0 Å². The van der Waals surface area contributed by atoms with E-state index < -0.39 is 22.9 Å². The topological polar surface area (TPSA) is 75.4 Å². The van der Waals surface area contributed by atoms with Gasteiger partial charge in [-0.1, -0.05) is 29.8 Å². The summed E-state index contributed by atoms with van der Waals surface area (Å²) >= 11 is 5.80. The Labute approximate surface area is 176 Å². The summed E-state index contributed by atoms with van der Waals surface area (Å²) in [7, 11) is 0. The van der Waals surface area contributed by atoms with Gasteiger partial charge in [-0.3, -0.25) is 14.6 Å². The monoisotopic (exact) mass is 435 g/mol. The fourth-order valence-electron chi connectivity index (χ4n) is 3.26. The lowest BCUT2D eigenvalue weighted by molar-refractivity contribution is 0.0681. The van der Waals surface area contributed by atoms with E-state index >= 15 is 0 Å². The summed E-state index contributed by atoms with van der Waals surface area (Å²) in [6, 6.07) is 9.68. The lowest BCUT2D eigenvalue weighted by Gasteiger charge is -2.30. The molecular formula is C20H16Cl2FN3O3. The van der Waals surface area contributed by atoms with Crippen LogP contribution in [0.2, 0.25) is 5.02 Å². The summed E-state index contributed by atoms with van der Waals surface area (Å²) in [5.74, 6) is -1.77. The Morgan fingerprint density at radius 3 is 2.66 bits per heavy atom. The number of halogens is 3. The van der Waals surface area contributed by atoms with Crippen LogP contribution in [0.4, 0.5) is 4.39 Å². The average molecular weight is 436 g/mol. The fraction of sp³-hybridized carbons (Fsp3) is 0.150. The SMILES string of the molecule is Cl.O=C1c2c(O)c(=O)c(-c3ccccn3)cn2CCN1Cc1cccc(Cl)c1F. The number of benzene rings is 1. The van der Waals surface area contributed by atoms with Crippen molar-refractivity contribution in [2.24, 2.45) is 0 Å². The summed E-state index contributed by atoms with van der Waals surface area (Å²) < 4.78 is 15.7. The van der Waals surface area contributed by atoms with Gasteiger partial charge in [-0.05, 0) is 18.2 Å². The number of nitrogens with zero attached hydrogens (tertiary/aromatic N) is 3. The molecule has 4 rings (SSSR count). The Kier molecular flexibility index (Phi) is 5.91. The molecule has 150 valence electrons. The smallest absolute Gasteiger partial charge is 0.274 e. The van der Waals surface area contributed by atoms with E-state index in [1.165, 1.54) is 21.7 Å². The quantitative estimate of drug-likeness (QED) is 0.682. The van der Waals surface area contributed by atoms with Gasteiger partial charge in [0.25, 0.3) is 5.91 Å². The molecule has 3 heterocycles.